The number of benzene rings is 1. The molecular weight excluding hydrogens is 192 g/mol. The molecule has 0 unspecified atom stereocenters. The minimum absolute atomic E-state index is 0.443. The van der Waals surface area contributed by atoms with Gasteiger partial charge in [-0.3, -0.25) is 0 Å². The van der Waals surface area contributed by atoms with Crippen LogP contribution in [0.25, 0.3) is 0 Å². The maximum Gasteiger partial charge on any atom is -0.00750 e. The van der Waals surface area contributed by atoms with Crippen LogP contribution < -0.4 is 0 Å². The predicted molar refractivity (Wildman–Crippen MR) is 70.8 cm³/mol. The van der Waals surface area contributed by atoms with E-state index in [1.807, 2.05) is 0 Å². The highest BCUT2D eigenvalue weighted by molar-refractivity contribution is 5.29. The minimum Gasteiger partial charge on any atom is -0.0625 e. The highest BCUT2D eigenvalue weighted by Crippen LogP contribution is 2.40. The second-order valence-corrected chi connectivity index (χ2v) is 5.79. The fourth-order valence-corrected chi connectivity index (χ4v) is 2.83. The maximum absolute atomic E-state index is 2.44. The fourth-order valence-electron chi connectivity index (χ4n) is 2.83. The lowest BCUT2D eigenvalue weighted by Crippen LogP contribution is -2.27. The average Bonchev–Trinajstić information content (AvgIpc) is 2.33. The summed E-state index contributed by atoms with van der Waals surface area (Å²) in [6, 6.07) is 9.32. The molecule has 0 atom stereocenters. The molecule has 0 heterocycles. The summed E-state index contributed by atoms with van der Waals surface area (Å²) in [6.07, 6.45) is 6.66. The van der Waals surface area contributed by atoms with E-state index in [4.69, 9.17) is 0 Å². The molecule has 0 bridgehead atoms. The first kappa shape index (κ1) is 11.7. The van der Waals surface area contributed by atoms with Crippen molar-refractivity contribution in [2.24, 2.45) is 5.92 Å². The molecule has 0 heteroatoms. The van der Waals surface area contributed by atoms with Crippen molar-refractivity contribution in [1.29, 1.82) is 0 Å². The van der Waals surface area contributed by atoms with Crippen molar-refractivity contribution in [2.45, 2.75) is 58.3 Å². The van der Waals surface area contributed by atoms with Crippen LogP contribution >= 0.6 is 0 Å². The molecule has 1 aliphatic rings. The Bertz CT molecular complexity index is 326. The van der Waals surface area contributed by atoms with Crippen LogP contribution in [0.1, 0.15) is 57.6 Å². The van der Waals surface area contributed by atoms with Gasteiger partial charge in [-0.1, -0.05) is 45.0 Å². The van der Waals surface area contributed by atoms with Gasteiger partial charge in [0.2, 0.25) is 0 Å². The van der Waals surface area contributed by atoms with Gasteiger partial charge in [-0.05, 0) is 54.6 Å². The predicted octanol–water partition coefficient (Wildman–Crippen LogP) is 4.72. The summed E-state index contributed by atoms with van der Waals surface area (Å²) >= 11 is 0. The second kappa shape index (κ2) is 4.61. The van der Waals surface area contributed by atoms with Gasteiger partial charge in [0.05, 0.1) is 0 Å². The summed E-state index contributed by atoms with van der Waals surface area (Å²) < 4.78 is 0. The lowest BCUT2D eigenvalue weighted by Gasteiger charge is -2.37. The summed E-state index contributed by atoms with van der Waals surface area (Å²) in [6.45, 7) is 7.05. The smallest absolute Gasteiger partial charge is 0.00750 e. The van der Waals surface area contributed by atoms with Crippen LogP contribution in [0, 0.1) is 5.92 Å². The first-order valence-corrected chi connectivity index (χ1v) is 6.73. The maximum atomic E-state index is 2.44. The minimum atomic E-state index is 0.443. The summed E-state index contributed by atoms with van der Waals surface area (Å²) in [7, 11) is 0. The van der Waals surface area contributed by atoms with Crippen molar-refractivity contribution in [3.05, 3.63) is 35.4 Å². The molecule has 0 radical (unpaired) electrons. The molecule has 1 aromatic rings. The zero-order valence-corrected chi connectivity index (χ0v) is 10.9. The summed E-state index contributed by atoms with van der Waals surface area (Å²) in [4.78, 5) is 0. The molecule has 0 aromatic heterocycles. The molecule has 1 aromatic carbocycles. The van der Waals surface area contributed by atoms with Crippen LogP contribution in [0.3, 0.4) is 0 Å². The molecule has 88 valence electrons. The van der Waals surface area contributed by atoms with Crippen LogP contribution in [-0.2, 0) is 11.8 Å². The Labute approximate surface area is 100 Å². The average molecular weight is 216 g/mol. The lowest BCUT2D eigenvalue weighted by molar-refractivity contribution is 0.261. The van der Waals surface area contributed by atoms with E-state index in [-0.39, 0.29) is 0 Å². The third-order valence-electron chi connectivity index (χ3n) is 4.44. The van der Waals surface area contributed by atoms with E-state index in [9.17, 15) is 0 Å². The Hall–Kier alpha value is -0.780. The third-order valence-corrected chi connectivity index (χ3v) is 4.44. The van der Waals surface area contributed by atoms with Gasteiger partial charge in [-0.25, -0.2) is 0 Å². The van der Waals surface area contributed by atoms with Gasteiger partial charge < -0.3 is 0 Å². The summed E-state index contributed by atoms with van der Waals surface area (Å²) in [5.41, 5.74) is 3.45. The molecule has 0 N–H and O–H groups in total. The Balaban J connectivity index is 2.16. The number of aryl methyl sites for hydroxylation is 1. The molecule has 2 rings (SSSR count). The zero-order valence-electron chi connectivity index (χ0n) is 10.9. The standard InChI is InChI=1S/C16H24/c1-4-14-5-7-15(8-6-14)16(3)11-9-13(2)10-12-16/h5-8,13H,4,9-12H2,1-3H3. The molecule has 1 aliphatic carbocycles. The van der Waals surface area contributed by atoms with Crippen LogP contribution in [0.15, 0.2) is 24.3 Å². The van der Waals surface area contributed by atoms with Crippen molar-refractivity contribution < 1.29 is 0 Å². The summed E-state index contributed by atoms with van der Waals surface area (Å²) in [5, 5.41) is 0. The van der Waals surface area contributed by atoms with Crippen molar-refractivity contribution >= 4 is 0 Å². The molecule has 0 aliphatic heterocycles. The van der Waals surface area contributed by atoms with Crippen molar-refractivity contribution in [1.82, 2.24) is 0 Å². The Kier molecular flexibility index (Phi) is 3.37. The second-order valence-electron chi connectivity index (χ2n) is 5.79. The molecule has 0 nitrogen and oxygen atoms in total. The molecule has 0 amide bonds. The Morgan fingerprint density at radius 1 is 1.12 bits per heavy atom. The van der Waals surface area contributed by atoms with Crippen LogP contribution in [0.5, 0.6) is 0 Å². The molecule has 0 spiro atoms. The Morgan fingerprint density at radius 3 is 2.19 bits per heavy atom. The van der Waals surface area contributed by atoms with Gasteiger partial charge in [-0.2, -0.15) is 0 Å². The van der Waals surface area contributed by atoms with Gasteiger partial charge in [-0.15, -0.1) is 0 Å². The zero-order chi connectivity index (χ0) is 11.6. The Morgan fingerprint density at radius 2 is 1.69 bits per heavy atom. The van der Waals surface area contributed by atoms with E-state index in [1.165, 1.54) is 31.2 Å². The van der Waals surface area contributed by atoms with E-state index in [0.29, 0.717) is 5.41 Å². The molecule has 1 fully saturated rings. The number of hydrogen-bond acceptors (Lipinski definition) is 0. The van der Waals surface area contributed by atoms with Crippen LogP contribution in [-0.4, -0.2) is 0 Å². The topological polar surface area (TPSA) is 0 Å². The van der Waals surface area contributed by atoms with E-state index in [1.54, 1.807) is 5.56 Å². The first-order chi connectivity index (χ1) is 7.64. The quantitative estimate of drug-likeness (QED) is 0.671. The van der Waals surface area contributed by atoms with E-state index in [2.05, 4.69) is 45.0 Å². The first-order valence-electron chi connectivity index (χ1n) is 6.73. The largest absolute Gasteiger partial charge is 0.0625 e. The normalized spacial score (nSPS) is 30.3. The molecular formula is C16H24. The third kappa shape index (κ3) is 2.31. The van der Waals surface area contributed by atoms with E-state index in [0.717, 1.165) is 12.3 Å². The number of hydrogen-bond donors (Lipinski definition) is 0. The van der Waals surface area contributed by atoms with Crippen LogP contribution in [0.4, 0.5) is 0 Å². The van der Waals surface area contributed by atoms with Crippen molar-refractivity contribution in [3.8, 4) is 0 Å². The van der Waals surface area contributed by atoms with Crippen LogP contribution in [0.2, 0.25) is 0 Å². The molecule has 1 saturated carbocycles. The fraction of sp³-hybridized carbons (Fsp3) is 0.625. The summed E-state index contributed by atoms with van der Waals surface area (Å²) in [5.74, 6) is 0.933. The monoisotopic (exact) mass is 216 g/mol. The SMILES string of the molecule is CCc1ccc(C2(C)CCC(C)CC2)cc1. The molecule has 0 saturated heterocycles. The van der Waals surface area contributed by atoms with Gasteiger partial charge in [0.25, 0.3) is 0 Å². The van der Waals surface area contributed by atoms with Crippen molar-refractivity contribution in [2.75, 3.05) is 0 Å². The van der Waals surface area contributed by atoms with Gasteiger partial charge in [0.15, 0.2) is 0 Å². The number of rotatable bonds is 2. The van der Waals surface area contributed by atoms with Gasteiger partial charge >= 0.3 is 0 Å². The highest BCUT2D eigenvalue weighted by atomic mass is 14.3. The van der Waals surface area contributed by atoms with Gasteiger partial charge in [0.1, 0.15) is 0 Å². The highest BCUT2D eigenvalue weighted by Gasteiger charge is 2.30. The lowest BCUT2D eigenvalue weighted by atomic mass is 9.68. The van der Waals surface area contributed by atoms with Gasteiger partial charge in [0, 0.05) is 0 Å². The molecule has 16 heavy (non-hydrogen) atoms. The van der Waals surface area contributed by atoms with E-state index < -0.39 is 0 Å². The van der Waals surface area contributed by atoms with Crippen molar-refractivity contribution in [3.63, 3.8) is 0 Å². The van der Waals surface area contributed by atoms with E-state index >= 15 is 0 Å².